The molecule has 1 saturated heterocycles. The zero-order valence-electron chi connectivity index (χ0n) is 32.8. The molecule has 308 valence electrons. The number of carbonyl (C=O) groups is 4. The number of benzene rings is 1. The van der Waals surface area contributed by atoms with Crippen molar-refractivity contribution in [1.29, 1.82) is 0 Å². The van der Waals surface area contributed by atoms with Crippen molar-refractivity contribution in [1.82, 2.24) is 24.5 Å². The minimum absolute atomic E-state index is 0.0156. The van der Waals surface area contributed by atoms with Gasteiger partial charge in [-0.25, -0.2) is 8.42 Å². The number of esters is 1. The van der Waals surface area contributed by atoms with Crippen LogP contribution in [0.1, 0.15) is 108 Å². The largest absolute Gasteiger partial charge is 0.462 e. The van der Waals surface area contributed by atoms with Crippen LogP contribution in [0.4, 0.5) is 0 Å². The molecule has 2 bridgehead atoms. The maximum Gasteiger partial charge on any atom is 0.306 e. The van der Waals surface area contributed by atoms with E-state index < -0.39 is 62.6 Å². The summed E-state index contributed by atoms with van der Waals surface area (Å²) in [6.07, 6.45) is 11.0. The van der Waals surface area contributed by atoms with Crippen LogP contribution in [0, 0.1) is 30.6 Å². The zero-order valence-corrected chi connectivity index (χ0v) is 33.6. The highest BCUT2D eigenvalue weighted by Gasteiger charge is 2.62. The molecule has 57 heavy (non-hydrogen) atoms. The fraction of sp³-hybridized carbons (Fsp3) is 0.667. The van der Waals surface area contributed by atoms with E-state index in [0.29, 0.717) is 36.7 Å². The fourth-order valence-electron chi connectivity index (χ4n) is 9.91. The summed E-state index contributed by atoms with van der Waals surface area (Å²) in [7, 11) is -3.91. The highest BCUT2D eigenvalue weighted by molar-refractivity contribution is 7.91. The van der Waals surface area contributed by atoms with Crippen molar-refractivity contribution in [2.45, 2.75) is 145 Å². The van der Waals surface area contributed by atoms with Gasteiger partial charge in [0.25, 0.3) is 17.5 Å². The quantitative estimate of drug-likeness (QED) is 0.304. The van der Waals surface area contributed by atoms with Gasteiger partial charge in [-0.1, -0.05) is 37.8 Å². The van der Waals surface area contributed by atoms with Crippen LogP contribution >= 0.6 is 0 Å². The molecule has 7 atom stereocenters. The van der Waals surface area contributed by atoms with E-state index in [1.54, 1.807) is 10.6 Å². The first-order chi connectivity index (χ1) is 27.4. The molecule has 1 aromatic carbocycles. The van der Waals surface area contributed by atoms with Crippen LogP contribution in [-0.4, -0.2) is 82.1 Å². The van der Waals surface area contributed by atoms with Crippen molar-refractivity contribution in [3.8, 4) is 6.01 Å². The first-order valence-electron chi connectivity index (χ1n) is 21.1. The Kier molecular flexibility index (Phi) is 11.0. The molecule has 2 aliphatic heterocycles. The number of carbonyl (C=O) groups excluding carboxylic acids is 4. The van der Waals surface area contributed by atoms with Crippen molar-refractivity contribution in [3.05, 3.63) is 46.8 Å². The maximum absolute atomic E-state index is 14.9. The third-order valence-corrected chi connectivity index (χ3v) is 15.3. The van der Waals surface area contributed by atoms with Crippen LogP contribution in [0.25, 0.3) is 10.9 Å². The second-order valence-electron chi connectivity index (χ2n) is 17.5. The lowest BCUT2D eigenvalue weighted by Crippen LogP contribution is -2.57. The molecule has 3 amide bonds. The molecule has 3 heterocycles. The molecule has 2 aromatic rings. The molecule has 0 unspecified atom stereocenters. The molecule has 8 rings (SSSR count). The number of sulfonamides is 1. The van der Waals surface area contributed by atoms with Crippen LogP contribution in [0.2, 0.25) is 0 Å². The number of hydrogen-bond acceptors (Lipinski definition) is 10. The lowest BCUT2D eigenvalue weighted by Gasteiger charge is -2.32. The van der Waals surface area contributed by atoms with Gasteiger partial charge >= 0.3 is 5.97 Å². The van der Waals surface area contributed by atoms with Crippen LogP contribution in [0.15, 0.2) is 35.6 Å². The summed E-state index contributed by atoms with van der Waals surface area (Å²) in [5.74, 6) is -3.31. The van der Waals surface area contributed by atoms with Gasteiger partial charge < -0.3 is 19.7 Å². The molecule has 1 aromatic heterocycles. The van der Waals surface area contributed by atoms with Crippen LogP contribution < -0.4 is 20.3 Å². The van der Waals surface area contributed by atoms with E-state index in [0.717, 1.165) is 69.8 Å². The van der Waals surface area contributed by atoms with E-state index in [-0.39, 0.29) is 61.2 Å². The molecular weight excluding hydrogens is 751 g/mol. The van der Waals surface area contributed by atoms with Gasteiger partial charge in [-0.3, -0.25) is 33.3 Å². The van der Waals surface area contributed by atoms with Gasteiger partial charge in [0.2, 0.25) is 21.8 Å². The Balaban J connectivity index is 1.14. The summed E-state index contributed by atoms with van der Waals surface area (Å²) < 4.78 is 42.1. The van der Waals surface area contributed by atoms with E-state index in [4.69, 9.17) is 14.5 Å². The van der Waals surface area contributed by atoms with Crippen molar-refractivity contribution in [3.63, 3.8) is 0 Å². The third-order valence-electron chi connectivity index (χ3n) is 13.4. The first-order valence-corrected chi connectivity index (χ1v) is 22.6. The maximum atomic E-state index is 14.9. The van der Waals surface area contributed by atoms with Crippen LogP contribution in [0.3, 0.4) is 0 Å². The molecule has 4 saturated carbocycles. The minimum atomic E-state index is -3.91. The highest BCUT2D eigenvalue weighted by atomic mass is 32.2. The number of nitrogens with zero attached hydrogens (tertiary/aromatic N) is 3. The minimum Gasteiger partial charge on any atom is -0.462 e. The summed E-state index contributed by atoms with van der Waals surface area (Å²) in [6, 6.07) is 4.47. The number of aryl methyl sites for hydroxylation is 1. The van der Waals surface area contributed by atoms with E-state index in [1.165, 1.54) is 11.0 Å². The van der Waals surface area contributed by atoms with Crippen molar-refractivity contribution in [2.24, 2.45) is 23.7 Å². The zero-order chi connectivity index (χ0) is 40.1. The lowest BCUT2D eigenvalue weighted by molar-refractivity contribution is -0.156. The number of ether oxygens (including phenoxy) is 2. The molecule has 0 radical (unpaired) electrons. The van der Waals surface area contributed by atoms with Crippen molar-refractivity contribution in [2.75, 3.05) is 6.54 Å². The van der Waals surface area contributed by atoms with Crippen molar-refractivity contribution < 1.29 is 37.1 Å². The molecule has 2 N–H and O–H groups in total. The average molecular weight is 806 g/mol. The monoisotopic (exact) mass is 805 g/mol. The highest BCUT2D eigenvalue weighted by Crippen LogP contribution is 2.46. The average Bonchev–Trinajstić information content (AvgIpc) is 3.96. The van der Waals surface area contributed by atoms with E-state index in [1.807, 2.05) is 19.1 Å². The first kappa shape index (κ1) is 39.6. The number of rotatable bonds is 7. The Hall–Kier alpha value is -4.27. The predicted octanol–water partition coefficient (Wildman–Crippen LogP) is 4.20. The predicted molar refractivity (Wildman–Crippen MR) is 210 cm³/mol. The SMILES string of the molecule is C=C[C@H]1C[C@]1(NC(=O)[C@@H]1C[C@@H]2CN1C(=O)[C@H](C1CCCC1)CC(=O)O[C@@H]1CCC[C@H]1CCCCCn1c(nc3cc(C)ccc3c1=O)O2)C(=O)NS(=O)(=O)C1CC1. The second kappa shape index (κ2) is 15.8. The molecule has 15 heteroatoms. The Morgan fingerprint density at radius 1 is 0.947 bits per heavy atom. The number of aromatic nitrogens is 2. The van der Waals surface area contributed by atoms with E-state index in [2.05, 4.69) is 16.6 Å². The number of fused-ring (bicyclic) bond motifs is 5. The number of nitrogens with one attached hydrogen (secondary N) is 2. The Morgan fingerprint density at radius 3 is 2.42 bits per heavy atom. The summed E-state index contributed by atoms with van der Waals surface area (Å²) in [6.45, 7) is 6.07. The third kappa shape index (κ3) is 8.09. The Morgan fingerprint density at radius 2 is 1.68 bits per heavy atom. The lowest BCUT2D eigenvalue weighted by atomic mass is 9.86. The van der Waals surface area contributed by atoms with Crippen LogP contribution in [-0.2, 0) is 40.5 Å². The fourth-order valence-corrected chi connectivity index (χ4v) is 11.3. The molecular formula is C42H55N5O9S. The van der Waals surface area contributed by atoms with Gasteiger partial charge in [-0.2, -0.15) is 4.98 Å². The summed E-state index contributed by atoms with van der Waals surface area (Å²) in [5.41, 5.74) is -0.367. The topological polar surface area (TPSA) is 183 Å². The molecule has 0 spiro atoms. The Labute approximate surface area is 333 Å². The van der Waals surface area contributed by atoms with Gasteiger partial charge in [0.05, 0.1) is 35.0 Å². The standard InChI is InChI=1S/C42H55N5O9S/c1-3-28-23-42(28,40(52)45-57(53,54)30-16-17-30)44-37(49)34-21-29-24-47(34)39(51)32(26-10-6-7-11-26)22-36(48)56-35-14-9-13-27(35)12-5-4-8-19-46-38(50)31-18-15-25(2)20-33(31)43-41(46)55-29/h3,15,18,20,26-30,32,34-35H,1,4-14,16-17,19,21-24H2,2H3,(H,44,49)(H,45,52)/t27-,28+,29-,32+,34+,35-,42-/m1/s1. The van der Waals surface area contributed by atoms with Gasteiger partial charge in [-0.15, -0.1) is 6.58 Å². The van der Waals surface area contributed by atoms with Crippen molar-refractivity contribution >= 4 is 44.6 Å². The summed E-state index contributed by atoms with van der Waals surface area (Å²) in [5, 5.41) is 2.68. The van der Waals surface area contributed by atoms with Gasteiger partial charge in [0, 0.05) is 18.9 Å². The molecule has 14 nitrogen and oxygen atoms in total. The van der Waals surface area contributed by atoms with Gasteiger partial charge in [-0.05, 0) is 101 Å². The van der Waals surface area contributed by atoms with E-state index in [9.17, 15) is 32.4 Å². The Bertz CT molecular complexity index is 2110. The molecule has 6 aliphatic rings. The molecule has 5 fully saturated rings. The smallest absolute Gasteiger partial charge is 0.306 e. The van der Waals surface area contributed by atoms with Gasteiger partial charge in [0.15, 0.2) is 0 Å². The number of amides is 3. The van der Waals surface area contributed by atoms with Gasteiger partial charge in [0.1, 0.15) is 23.8 Å². The summed E-state index contributed by atoms with van der Waals surface area (Å²) in [4.78, 5) is 77.1. The second-order valence-corrected chi connectivity index (χ2v) is 19.4. The normalized spacial score (nSPS) is 31.4. The van der Waals surface area contributed by atoms with Crippen LogP contribution in [0.5, 0.6) is 6.01 Å². The summed E-state index contributed by atoms with van der Waals surface area (Å²) >= 11 is 0. The number of hydrogen-bond donors (Lipinski definition) is 2. The molecule has 4 aliphatic carbocycles. The van der Waals surface area contributed by atoms with E-state index >= 15 is 0 Å².